The molecule has 0 saturated carbocycles. The van der Waals surface area contributed by atoms with Gasteiger partial charge in [-0.2, -0.15) is 8.42 Å². The average Bonchev–Trinajstić information content (AvgIpc) is 2.89. The van der Waals surface area contributed by atoms with E-state index in [1.807, 2.05) is 0 Å². The van der Waals surface area contributed by atoms with Crippen LogP contribution in [0.3, 0.4) is 0 Å². The van der Waals surface area contributed by atoms with Gasteiger partial charge in [0.05, 0.1) is 24.0 Å². The van der Waals surface area contributed by atoms with Gasteiger partial charge in [-0.1, -0.05) is 41.6 Å². The van der Waals surface area contributed by atoms with Crippen LogP contribution in [0.1, 0.15) is 5.56 Å². The van der Waals surface area contributed by atoms with Gasteiger partial charge in [0.1, 0.15) is 0 Å². The lowest BCUT2D eigenvalue weighted by atomic mass is 10.2. The highest BCUT2D eigenvalue weighted by Crippen LogP contribution is 2.37. The number of hydrogen-bond donors (Lipinski definition) is 0. The molecule has 0 atom stereocenters. The summed E-state index contributed by atoms with van der Waals surface area (Å²) in [6, 6.07) is 11.5. The van der Waals surface area contributed by atoms with Crippen LogP contribution in [0, 0.1) is 0 Å². The summed E-state index contributed by atoms with van der Waals surface area (Å²) in [5, 5.41) is 0.563. The number of ether oxygens (including phenoxy) is 1. The van der Waals surface area contributed by atoms with Gasteiger partial charge in [-0.3, -0.25) is 9.69 Å². The van der Waals surface area contributed by atoms with E-state index in [0.29, 0.717) is 25.5 Å². The summed E-state index contributed by atoms with van der Waals surface area (Å²) in [6.07, 6.45) is 2.60. The van der Waals surface area contributed by atoms with E-state index < -0.39 is 10.1 Å². The van der Waals surface area contributed by atoms with E-state index in [1.165, 1.54) is 29.8 Å². The fourth-order valence-corrected chi connectivity index (χ4v) is 4.33. The van der Waals surface area contributed by atoms with Crippen molar-refractivity contribution >= 4 is 67.7 Å². The molecule has 0 aromatic heterocycles. The summed E-state index contributed by atoms with van der Waals surface area (Å²) in [5.41, 5.74) is 1.26. The largest absolute Gasteiger partial charge is 0.493 e. The lowest BCUT2D eigenvalue weighted by molar-refractivity contribution is -0.113. The summed E-state index contributed by atoms with van der Waals surface area (Å²) >= 11 is 12.4. The predicted molar refractivity (Wildman–Crippen MR) is 116 cm³/mol. The Kier molecular flexibility index (Phi) is 5.99. The van der Waals surface area contributed by atoms with Gasteiger partial charge in [-0.25, -0.2) is 0 Å². The average molecular weight is 456 g/mol. The minimum absolute atomic E-state index is 0.0656. The van der Waals surface area contributed by atoms with Gasteiger partial charge < -0.3 is 8.92 Å². The van der Waals surface area contributed by atoms with Crippen molar-refractivity contribution in [3.63, 3.8) is 0 Å². The molecule has 0 spiro atoms. The van der Waals surface area contributed by atoms with Gasteiger partial charge in [-0.05, 0) is 48.0 Å². The third kappa shape index (κ3) is 4.67. The molecule has 0 radical (unpaired) electrons. The molecule has 1 aliphatic rings. The third-order valence-electron chi connectivity index (χ3n) is 3.61. The van der Waals surface area contributed by atoms with Crippen LogP contribution in [0.4, 0.5) is 5.69 Å². The molecule has 2 aromatic rings. The molecule has 2 aromatic carbocycles. The highest BCUT2D eigenvalue weighted by molar-refractivity contribution is 8.27. The van der Waals surface area contributed by atoms with E-state index in [2.05, 4.69) is 0 Å². The molecular formula is C18H14ClNO5S3. The number of rotatable bonds is 5. The summed E-state index contributed by atoms with van der Waals surface area (Å²) in [7, 11) is -2.29. The first-order valence-electron chi connectivity index (χ1n) is 7.79. The maximum absolute atomic E-state index is 12.8. The van der Waals surface area contributed by atoms with Gasteiger partial charge in [0, 0.05) is 5.02 Å². The molecular weight excluding hydrogens is 442 g/mol. The number of anilines is 1. The van der Waals surface area contributed by atoms with Gasteiger partial charge in [0.25, 0.3) is 5.91 Å². The Morgan fingerprint density at radius 2 is 1.82 bits per heavy atom. The smallest absolute Gasteiger partial charge is 0.306 e. The Bertz CT molecular complexity index is 1080. The molecule has 146 valence electrons. The third-order valence-corrected chi connectivity index (χ3v) is 5.64. The van der Waals surface area contributed by atoms with Crippen LogP contribution in [0.25, 0.3) is 6.08 Å². The normalized spacial score (nSPS) is 16.0. The fourth-order valence-electron chi connectivity index (χ4n) is 2.44. The molecule has 3 rings (SSSR count). The molecule has 0 N–H and O–H groups in total. The predicted octanol–water partition coefficient (Wildman–Crippen LogP) is 4.09. The number of thiocarbonyl (C=S) groups is 1. The standard InChI is InChI=1S/C18H14ClNO5S3/c1-24-15-9-11(3-8-14(15)25-28(2,22)23)10-16-17(21)20(18(26)27-16)13-6-4-12(19)5-7-13/h3-10H,1-2H3/b16-10+. The number of methoxy groups -OCH3 is 1. The first-order valence-corrected chi connectivity index (χ1v) is 11.2. The second kappa shape index (κ2) is 8.12. The van der Waals surface area contributed by atoms with Crippen molar-refractivity contribution < 1.29 is 22.1 Å². The molecule has 1 heterocycles. The molecule has 1 amide bonds. The van der Waals surface area contributed by atoms with Crippen molar-refractivity contribution in [2.75, 3.05) is 18.3 Å². The molecule has 0 unspecified atom stereocenters. The number of halogens is 1. The zero-order chi connectivity index (χ0) is 20.5. The summed E-state index contributed by atoms with van der Waals surface area (Å²) in [4.78, 5) is 14.7. The van der Waals surface area contributed by atoms with Gasteiger partial charge >= 0.3 is 10.1 Å². The Balaban J connectivity index is 1.90. The Morgan fingerprint density at radius 3 is 2.43 bits per heavy atom. The highest BCUT2D eigenvalue weighted by Gasteiger charge is 2.33. The van der Waals surface area contributed by atoms with Crippen molar-refractivity contribution in [1.82, 2.24) is 0 Å². The number of nitrogens with zero attached hydrogens (tertiary/aromatic N) is 1. The Hall–Kier alpha value is -2.07. The summed E-state index contributed by atoms with van der Waals surface area (Å²) in [5.74, 6) is 0.0379. The number of benzene rings is 2. The van der Waals surface area contributed by atoms with E-state index in [4.69, 9.17) is 32.7 Å². The topological polar surface area (TPSA) is 72.9 Å². The van der Waals surface area contributed by atoms with Crippen LogP contribution < -0.4 is 13.8 Å². The first kappa shape index (κ1) is 20.7. The van der Waals surface area contributed by atoms with E-state index in [9.17, 15) is 13.2 Å². The van der Waals surface area contributed by atoms with Crippen molar-refractivity contribution in [3.05, 3.63) is 58.0 Å². The number of carbonyl (C=O) groups is 1. The number of hydrogen-bond acceptors (Lipinski definition) is 7. The molecule has 28 heavy (non-hydrogen) atoms. The number of thioether (sulfide) groups is 1. The second-order valence-corrected chi connectivity index (χ2v) is 9.38. The summed E-state index contributed by atoms with van der Waals surface area (Å²) < 4.78 is 33.2. The van der Waals surface area contributed by atoms with E-state index in [-0.39, 0.29) is 17.4 Å². The zero-order valence-corrected chi connectivity index (χ0v) is 17.9. The molecule has 1 saturated heterocycles. The van der Waals surface area contributed by atoms with Gasteiger partial charge in [0.2, 0.25) is 0 Å². The van der Waals surface area contributed by atoms with Gasteiger partial charge in [-0.15, -0.1) is 0 Å². The molecule has 0 bridgehead atoms. The zero-order valence-electron chi connectivity index (χ0n) is 14.7. The molecule has 6 nitrogen and oxygen atoms in total. The quantitative estimate of drug-likeness (QED) is 0.382. The van der Waals surface area contributed by atoms with Crippen LogP contribution in [-0.4, -0.2) is 32.0 Å². The van der Waals surface area contributed by atoms with Crippen molar-refractivity contribution in [2.24, 2.45) is 0 Å². The highest BCUT2D eigenvalue weighted by atomic mass is 35.5. The van der Waals surface area contributed by atoms with E-state index in [0.717, 1.165) is 6.26 Å². The SMILES string of the molecule is COc1cc(/C=C2/SC(=S)N(c3ccc(Cl)cc3)C2=O)ccc1OS(C)(=O)=O. The second-order valence-electron chi connectivity index (χ2n) is 5.69. The maximum atomic E-state index is 12.8. The molecule has 1 aliphatic heterocycles. The summed E-state index contributed by atoms with van der Waals surface area (Å²) in [6.45, 7) is 0. The van der Waals surface area contributed by atoms with Crippen molar-refractivity contribution in [1.29, 1.82) is 0 Å². The Labute approximate surface area is 177 Å². The molecule has 0 aliphatic carbocycles. The fraction of sp³-hybridized carbons (Fsp3) is 0.111. The van der Waals surface area contributed by atoms with Gasteiger partial charge in [0.15, 0.2) is 15.8 Å². The first-order chi connectivity index (χ1) is 13.2. The van der Waals surface area contributed by atoms with Crippen LogP contribution in [-0.2, 0) is 14.9 Å². The minimum Gasteiger partial charge on any atom is -0.493 e. The van der Waals surface area contributed by atoms with Crippen LogP contribution in [0.2, 0.25) is 5.02 Å². The lowest BCUT2D eigenvalue weighted by Crippen LogP contribution is -2.27. The van der Waals surface area contributed by atoms with Crippen molar-refractivity contribution in [2.45, 2.75) is 0 Å². The Morgan fingerprint density at radius 1 is 1.14 bits per heavy atom. The van der Waals surface area contributed by atoms with Crippen molar-refractivity contribution in [3.8, 4) is 11.5 Å². The lowest BCUT2D eigenvalue weighted by Gasteiger charge is -2.14. The van der Waals surface area contributed by atoms with E-state index >= 15 is 0 Å². The number of amides is 1. The van der Waals surface area contributed by atoms with Crippen LogP contribution in [0.15, 0.2) is 47.4 Å². The molecule has 1 fully saturated rings. The maximum Gasteiger partial charge on any atom is 0.306 e. The van der Waals surface area contributed by atoms with Crippen LogP contribution in [0.5, 0.6) is 11.5 Å². The molecule has 10 heteroatoms. The monoisotopic (exact) mass is 455 g/mol. The minimum atomic E-state index is -3.69. The van der Waals surface area contributed by atoms with E-state index in [1.54, 1.807) is 42.5 Å². The number of carbonyl (C=O) groups excluding carboxylic acids is 1. The van der Waals surface area contributed by atoms with Crippen LogP contribution >= 0.6 is 35.6 Å².